The molecular weight excluding hydrogens is 486 g/mol. The van der Waals surface area contributed by atoms with Gasteiger partial charge in [-0.25, -0.2) is 0 Å². The molecule has 9 nitrogen and oxygen atoms in total. The van der Waals surface area contributed by atoms with Crippen LogP contribution in [0.5, 0.6) is 0 Å². The molecule has 1 saturated heterocycles. The molecular formula is C26H27NO8S. The van der Waals surface area contributed by atoms with Crippen LogP contribution in [0.2, 0.25) is 0 Å². The van der Waals surface area contributed by atoms with E-state index in [-0.39, 0.29) is 24.3 Å². The first-order valence-electron chi connectivity index (χ1n) is 11.4. The Bertz CT molecular complexity index is 1100. The van der Waals surface area contributed by atoms with Crippen LogP contribution in [-0.2, 0) is 35.1 Å². The number of ether oxygens (including phenoxy) is 4. The molecule has 36 heavy (non-hydrogen) atoms. The minimum atomic E-state index is -1.16. The Morgan fingerprint density at radius 2 is 1.44 bits per heavy atom. The number of amides is 2. The standard InChI is InChI=1S/C26H27NO8S/c1-15(28)33-22-20(14-32-13-17-9-5-4-6-10-17)35-26(36-3)21(23(22)34-16(2)29)27-24(30)18-11-7-8-12-19(18)25(27)31/h4-12,20-23,26H,13-14H2,1-3H3/t20-,21-,22+,23-,26+/m1/s1. The van der Waals surface area contributed by atoms with E-state index in [1.54, 1.807) is 30.5 Å². The first-order valence-corrected chi connectivity index (χ1v) is 12.7. The molecule has 2 aliphatic heterocycles. The van der Waals surface area contributed by atoms with Gasteiger partial charge in [-0.15, -0.1) is 11.8 Å². The molecule has 10 heteroatoms. The van der Waals surface area contributed by atoms with Gasteiger partial charge < -0.3 is 18.9 Å². The maximum Gasteiger partial charge on any atom is 0.303 e. The zero-order valence-corrected chi connectivity index (χ0v) is 20.9. The van der Waals surface area contributed by atoms with Gasteiger partial charge in [0, 0.05) is 13.8 Å². The number of carbonyl (C=O) groups excluding carboxylic acids is 4. The van der Waals surface area contributed by atoms with Crippen molar-refractivity contribution < 1.29 is 38.1 Å². The van der Waals surface area contributed by atoms with Crippen molar-refractivity contribution in [2.45, 2.75) is 50.2 Å². The van der Waals surface area contributed by atoms with Crippen LogP contribution in [0.15, 0.2) is 54.6 Å². The zero-order chi connectivity index (χ0) is 25.8. The van der Waals surface area contributed by atoms with Crippen molar-refractivity contribution in [2.75, 3.05) is 12.9 Å². The summed E-state index contributed by atoms with van der Waals surface area (Å²) in [7, 11) is 0. The van der Waals surface area contributed by atoms with Crippen LogP contribution in [0.4, 0.5) is 0 Å². The minimum Gasteiger partial charge on any atom is -0.456 e. The van der Waals surface area contributed by atoms with E-state index < -0.39 is 53.5 Å². The molecule has 0 saturated carbocycles. The predicted octanol–water partition coefficient (Wildman–Crippen LogP) is 2.82. The summed E-state index contributed by atoms with van der Waals surface area (Å²) in [5, 5.41) is 0. The van der Waals surface area contributed by atoms with E-state index >= 15 is 0 Å². The quantitative estimate of drug-likeness (QED) is 0.389. The fourth-order valence-corrected chi connectivity index (χ4v) is 5.31. The van der Waals surface area contributed by atoms with E-state index in [0.29, 0.717) is 0 Å². The van der Waals surface area contributed by atoms with Crippen molar-refractivity contribution >= 4 is 35.5 Å². The fourth-order valence-electron chi connectivity index (χ4n) is 4.50. The Morgan fingerprint density at radius 3 is 2.00 bits per heavy atom. The van der Waals surface area contributed by atoms with Crippen molar-refractivity contribution in [1.82, 2.24) is 4.90 Å². The molecule has 0 aliphatic carbocycles. The summed E-state index contributed by atoms with van der Waals surface area (Å²) < 4.78 is 23.3. The van der Waals surface area contributed by atoms with Gasteiger partial charge in [-0.3, -0.25) is 24.1 Å². The third kappa shape index (κ3) is 5.30. The molecule has 5 atom stereocenters. The highest BCUT2D eigenvalue weighted by Gasteiger charge is 2.56. The van der Waals surface area contributed by atoms with Gasteiger partial charge in [0.2, 0.25) is 0 Å². The number of thioether (sulfide) groups is 1. The molecule has 0 bridgehead atoms. The molecule has 0 aromatic heterocycles. The lowest BCUT2D eigenvalue weighted by Crippen LogP contribution is -2.66. The molecule has 2 aromatic rings. The molecule has 4 rings (SSSR count). The summed E-state index contributed by atoms with van der Waals surface area (Å²) in [4.78, 5) is 51.9. The number of benzene rings is 2. The van der Waals surface area contributed by atoms with Crippen LogP contribution < -0.4 is 0 Å². The smallest absolute Gasteiger partial charge is 0.303 e. The molecule has 2 amide bonds. The Kier molecular flexibility index (Phi) is 8.07. The largest absolute Gasteiger partial charge is 0.456 e. The molecule has 1 fully saturated rings. The fraction of sp³-hybridized carbons (Fsp3) is 0.385. The Hall–Kier alpha value is -3.21. The summed E-state index contributed by atoms with van der Waals surface area (Å²) in [6.07, 6.45) is -1.33. The number of rotatable bonds is 8. The van der Waals surface area contributed by atoms with Crippen LogP contribution in [0.25, 0.3) is 0 Å². The van der Waals surface area contributed by atoms with Gasteiger partial charge in [-0.1, -0.05) is 42.5 Å². The maximum absolute atomic E-state index is 13.3. The highest BCUT2D eigenvalue weighted by atomic mass is 32.2. The number of nitrogens with zero attached hydrogens (tertiary/aromatic N) is 1. The summed E-state index contributed by atoms with van der Waals surface area (Å²) in [5.41, 5.74) is 0.676. The molecule has 2 aromatic carbocycles. The van der Waals surface area contributed by atoms with Crippen LogP contribution in [0, 0.1) is 0 Å². The third-order valence-corrected chi connectivity index (χ3v) is 6.82. The van der Waals surface area contributed by atoms with E-state index in [2.05, 4.69) is 0 Å². The average molecular weight is 514 g/mol. The molecule has 2 heterocycles. The number of imide groups is 1. The van der Waals surface area contributed by atoms with Crippen molar-refractivity contribution in [3.63, 3.8) is 0 Å². The highest BCUT2D eigenvalue weighted by Crippen LogP contribution is 2.38. The van der Waals surface area contributed by atoms with E-state index in [9.17, 15) is 19.2 Å². The topological polar surface area (TPSA) is 108 Å². The van der Waals surface area contributed by atoms with Crippen molar-refractivity contribution in [3.05, 3.63) is 71.3 Å². The van der Waals surface area contributed by atoms with Gasteiger partial charge in [-0.05, 0) is 24.0 Å². The molecule has 0 radical (unpaired) electrons. The third-order valence-electron chi connectivity index (χ3n) is 5.97. The monoisotopic (exact) mass is 513 g/mol. The lowest BCUT2D eigenvalue weighted by molar-refractivity contribution is -0.217. The lowest BCUT2D eigenvalue weighted by Gasteiger charge is -2.47. The second kappa shape index (κ2) is 11.2. The van der Waals surface area contributed by atoms with Crippen molar-refractivity contribution in [1.29, 1.82) is 0 Å². The summed E-state index contributed by atoms with van der Waals surface area (Å²) >= 11 is 1.25. The normalized spacial score (nSPS) is 25.4. The molecule has 0 N–H and O–H groups in total. The van der Waals surface area contributed by atoms with Crippen LogP contribution in [-0.4, -0.2) is 71.3 Å². The molecule has 2 aliphatic rings. The number of hydrogen-bond acceptors (Lipinski definition) is 9. The average Bonchev–Trinajstić information content (AvgIpc) is 3.11. The molecule has 190 valence electrons. The van der Waals surface area contributed by atoms with Gasteiger partial charge in [0.05, 0.1) is 24.3 Å². The summed E-state index contributed by atoms with van der Waals surface area (Å²) in [5.74, 6) is -2.33. The molecule has 0 unspecified atom stereocenters. The van der Waals surface area contributed by atoms with E-state index in [4.69, 9.17) is 18.9 Å². The maximum atomic E-state index is 13.3. The number of esters is 2. The van der Waals surface area contributed by atoms with Crippen molar-refractivity contribution in [2.24, 2.45) is 0 Å². The number of fused-ring (bicyclic) bond motifs is 1. The van der Waals surface area contributed by atoms with E-state index in [1.807, 2.05) is 30.3 Å². The predicted molar refractivity (Wildman–Crippen MR) is 130 cm³/mol. The Morgan fingerprint density at radius 1 is 0.889 bits per heavy atom. The number of carbonyl (C=O) groups is 4. The summed E-state index contributed by atoms with van der Waals surface area (Å²) in [6.45, 7) is 2.76. The Labute approximate surface area is 213 Å². The highest BCUT2D eigenvalue weighted by molar-refractivity contribution is 7.99. The number of hydrogen-bond donors (Lipinski definition) is 0. The second-order valence-electron chi connectivity index (χ2n) is 8.44. The van der Waals surface area contributed by atoms with Gasteiger partial charge >= 0.3 is 11.9 Å². The van der Waals surface area contributed by atoms with Crippen molar-refractivity contribution in [3.8, 4) is 0 Å². The zero-order valence-electron chi connectivity index (χ0n) is 20.1. The van der Waals surface area contributed by atoms with Gasteiger partial charge in [0.1, 0.15) is 17.6 Å². The summed E-state index contributed by atoms with van der Waals surface area (Å²) in [6, 6.07) is 14.9. The second-order valence-corrected chi connectivity index (χ2v) is 9.38. The van der Waals surface area contributed by atoms with Gasteiger partial charge in [-0.2, -0.15) is 0 Å². The van der Waals surface area contributed by atoms with Gasteiger partial charge in [0.25, 0.3) is 11.8 Å². The SMILES string of the molecule is CS[C@@H]1O[C@H](COCc2ccccc2)[C@H](OC(C)=O)[C@H](OC(C)=O)[C@H]1N1C(=O)c2ccccc2C1=O. The molecule has 0 spiro atoms. The van der Waals surface area contributed by atoms with E-state index in [0.717, 1.165) is 10.5 Å². The first kappa shape index (κ1) is 25.9. The van der Waals surface area contributed by atoms with Gasteiger partial charge in [0.15, 0.2) is 12.2 Å². The minimum absolute atomic E-state index is 0.0243. The van der Waals surface area contributed by atoms with Crippen LogP contribution in [0.1, 0.15) is 40.1 Å². The van der Waals surface area contributed by atoms with Crippen LogP contribution in [0.3, 0.4) is 0 Å². The van der Waals surface area contributed by atoms with E-state index in [1.165, 1.54) is 25.6 Å². The Balaban J connectivity index is 1.65. The van der Waals surface area contributed by atoms with Crippen LogP contribution >= 0.6 is 11.8 Å². The lowest BCUT2D eigenvalue weighted by atomic mass is 9.96. The first-order chi connectivity index (χ1) is 17.3.